The maximum Gasteiger partial charge on any atom is 0.500 e. The second kappa shape index (κ2) is 11.8. The Morgan fingerprint density at radius 2 is 1.47 bits per heavy atom. The Bertz CT molecular complexity index is 190. The zero-order chi connectivity index (χ0) is 14.6. The maximum atomic E-state index is 5.44. The molecule has 0 saturated carbocycles. The first-order chi connectivity index (χ1) is 9.17. The van der Waals surface area contributed by atoms with E-state index < -0.39 is 8.80 Å². The molecule has 0 aromatic carbocycles. The predicted molar refractivity (Wildman–Crippen MR) is 76.1 cm³/mol. The monoisotopic (exact) mass is 295 g/mol. The summed E-state index contributed by atoms with van der Waals surface area (Å²) in [7, 11) is 2.47. The fourth-order valence-electron chi connectivity index (χ4n) is 1.74. The van der Waals surface area contributed by atoms with Gasteiger partial charge in [0.25, 0.3) is 0 Å². The average molecular weight is 295 g/mol. The van der Waals surface area contributed by atoms with Gasteiger partial charge in [-0.1, -0.05) is 0 Å². The van der Waals surface area contributed by atoms with Crippen molar-refractivity contribution < 1.29 is 22.8 Å². The summed E-state index contributed by atoms with van der Waals surface area (Å²) in [5.74, 6) is 0. The van der Waals surface area contributed by atoms with Gasteiger partial charge >= 0.3 is 8.80 Å². The average Bonchev–Trinajstić information content (AvgIpc) is 2.44. The molecule has 0 fully saturated rings. The van der Waals surface area contributed by atoms with Crippen LogP contribution in [0.2, 0.25) is 6.04 Å². The van der Waals surface area contributed by atoms with Crippen molar-refractivity contribution in [2.45, 2.75) is 32.6 Å². The van der Waals surface area contributed by atoms with Crippen molar-refractivity contribution >= 4 is 8.80 Å². The van der Waals surface area contributed by atoms with Crippen molar-refractivity contribution in [2.75, 3.05) is 47.6 Å². The summed E-state index contributed by atoms with van der Waals surface area (Å²) >= 11 is 0. The molecule has 0 saturated heterocycles. The van der Waals surface area contributed by atoms with Crippen LogP contribution in [0, 0.1) is 0 Å². The topological polar surface area (TPSA) is 58.2 Å². The third-order valence-corrected chi connectivity index (χ3v) is 5.62. The highest BCUT2D eigenvalue weighted by atomic mass is 28.4. The van der Waals surface area contributed by atoms with Gasteiger partial charge in [0, 0.05) is 47.1 Å². The van der Waals surface area contributed by atoms with Crippen molar-refractivity contribution in [1.29, 1.82) is 0 Å². The molecule has 0 aromatic heterocycles. The Kier molecular flexibility index (Phi) is 11.8. The first kappa shape index (κ1) is 19.0. The van der Waals surface area contributed by atoms with Gasteiger partial charge in [0.1, 0.15) is 0 Å². The van der Waals surface area contributed by atoms with Crippen molar-refractivity contribution in [3.63, 3.8) is 0 Å². The van der Waals surface area contributed by atoms with E-state index in [4.69, 9.17) is 22.8 Å². The Morgan fingerprint density at radius 1 is 0.947 bits per heavy atom. The highest BCUT2D eigenvalue weighted by Gasteiger charge is 2.36. The number of nitrogens with one attached hydrogen (secondary N) is 1. The Morgan fingerprint density at radius 3 is 1.89 bits per heavy atom. The zero-order valence-corrected chi connectivity index (χ0v) is 13.9. The molecule has 0 radical (unpaired) electrons. The second-order valence-electron chi connectivity index (χ2n) is 3.94. The molecule has 0 bridgehead atoms. The van der Waals surface area contributed by atoms with Crippen molar-refractivity contribution in [1.82, 2.24) is 5.32 Å². The van der Waals surface area contributed by atoms with Crippen LogP contribution in [0.25, 0.3) is 0 Å². The van der Waals surface area contributed by atoms with Gasteiger partial charge in [-0.3, -0.25) is 0 Å². The van der Waals surface area contributed by atoms with E-state index in [1.165, 1.54) is 0 Å². The van der Waals surface area contributed by atoms with Crippen LogP contribution in [0.15, 0.2) is 0 Å². The van der Waals surface area contributed by atoms with Crippen LogP contribution in [0.1, 0.15) is 20.3 Å². The molecule has 0 heterocycles. The first-order valence-electron chi connectivity index (χ1n) is 6.77. The summed E-state index contributed by atoms with van der Waals surface area (Å²) in [6, 6.07) is 0.789. The van der Waals surface area contributed by atoms with E-state index in [9.17, 15) is 0 Å². The van der Waals surface area contributed by atoms with Crippen LogP contribution < -0.4 is 5.32 Å². The molecule has 0 unspecified atom stereocenters. The van der Waals surface area contributed by atoms with Gasteiger partial charge in [-0.05, 0) is 26.8 Å². The standard InChI is InChI=1S/C12H29NO5Si/c1-6-17-12(18-7-2)11-13-9-8-10-19(14-3,15-4)16-5/h12-13H,6-11H2,1-5H3. The van der Waals surface area contributed by atoms with E-state index in [1.807, 2.05) is 13.8 Å². The smallest absolute Gasteiger partial charge is 0.377 e. The normalized spacial score (nSPS) is 12.3. The molecule has 0 spiro atoms. The number of hydrogen-bond donors (Lipinski definition) is 1. The lowest BCUT2D eigenvalue weighted by Gasteiger charge is -2.24. The number of rotatable bonds is 13. The van der Waals surface area contributed by atoms with E-state index >= 15 is 0 Å². The summed E-state index contributed by atoms with van der Waals surface area (Å²) in [5.41, 5.74) is 0. The SMILES string of the molecule is CCOC(CNCCC[Si](OC)(OC)OC)OCC. The molecule has 0 rings (SSSR count). The van der Waals surface area contributed by atoms with Crippen LogP contribution >= 0.6 is 0 Å². The lowest BCUT2D eigenvalue weighted by Crippen LogP contribution is -2.43. The largest absolute Gasteiger partial charge is 0.500 e. The fourth-order valence-corrected chi connectivity index (χ4v) is 3.47. The highest BCUT2D eigenvalue weighted by molar-refractivity contribution is 6.60. The first-order valence-corrected chi connectivity index (χ1v) is 8.70. The highest BCUT2D eigenvalue weighted by Crippen LogP contribution is 2.14. The molecule has 0 aliphatic heterocycles. The van der Waals surface area contributed by atoms with Crippen LogP contribution in [0.5, 0.6) is 0 Å². The van der Waals surface area contributed by atoms with Crippen LogP contribution in [-0.4, -0.2) is 62.7 Å². The summed E-state index contributed by atoms with van der Waals surface area (Å²) < 4.78 is 27.0. The molecule has 7 heteroatoms. The summed E-state index contributed by atoms with van der Waals surface area (Å²) in [5, 5.41) is 3.31. The van der Waals surface area contributed by atoms with Crippen LogP contribution in [0.4, 0.5) is 0 Å². The van der Waals surface area contributed by atoms with E-state index in [2.05, 4.69) is 5.32 Å². The van der Waals surface area contributed by atoms with Crippen molar-refractivity contribution in [3.8, 4) is 0 Å². The minimum Gasteiger partial charge on any atom is -0.377 e. The fraction of sp³-hybridized carbons (Fsp3) is 1.00. The van der Waals surface area contributed by atoms with Gasteiger partial charge in [-0.15, -0.1) is 0 Å². The molecule has 19 heavy (non-hydrogen) atoms. The maximum absolute atomic E-state index is 5.44. The molecule has 0 aliphatic rings. The second-order valence-corrected chi connectivity index (χ2v) is 7.03. The van der Waals surface area contributed by atoms with Crippen molar-refractivity contribution in [2.24, 2.45) is 0 Å². The third-order valence-electron chi connectivity index (χ3n) is 2.79. The number of ether oxygens (including phenoxy) is 2. The molecule has 1 N–H and O–H groups in total. The summed E-state index contributed by atoms with van der Waals surface area (Å²) in [6.45, 7) is 6.76. The van der Waals surface area contributed by atoms with E-state index in [1.54, 1.807) is 21.3 Å². The van der Waals surface area contributed by atoms with Gasteiger partial charge in [-0.2, -0.15) is 0 Å². The van der Waals surface area contributed by atoms with E-state index in [-0.39, 0.29) is 6.29 Å². The molecule has 0 aromatic rings. The van der Waals surface area contributed by atoms with Gasteiger partial charge in [0.2, 0.25) is 0 Å². The molecule has 6 nitrogen and oxygen atoms in total. The molecule has 0 atom stereocenters. The van der Waals surface area contributed by atoms with Crippen LogP contribution in [0.3, 0.4) is 0 Å². The predicted octanol–water partition coefficient (Wildman–Crippen LogP) is 1.24. The van der Waals surface area contributed by atoms with Gasteiger partial charge in [-0.25, -0.2) is 0 Å². The van der Waals surface area contributed by atoms with E-state index in [0.29, 0.717) is 19.8 Å². The Balaban J connectivity index is 3.78. The molecule has 0 amide bonds. The van der Waals surface area contributed by atoms with Crippen molar-refractivity contribution in [3.05, 3.63) is 0 Å². The molecular formula is C12H29NO5Si. The van der Waals surface area contributed by atoms with E-state index in [0.717, 1.165) is 19.0 Å². The van der Waals surface area contributed by atoms with Gasteiger partial charge in [0.05, 0.1) is 0 Å². The minimum absolute atomic E-state index is 0.177. The zero-order valence-electron chi connectivity index (χ0n) is 12.9. The lowest BCUT2D eigenvalue weighted by atomic mass is 10.4. The van der Waals surface area contributed by atoms with Crippen LogP contribution in [-0.2, 0) is 22.8 Å². The number of hydrogen-bond acceptors (Lipinski definition) is 6. The van der Waals surface area contributed by atoms with Gasteiger partial charge in [0.15, 0.2) is 6.29 Å². The molecule has 116 valence electrons. The Hall–Kier alpha value is -0.0231. The summed E-state index contributed by atoms with van der Waals surface area (Å²) in [6.07, 6.45) is 0.747. The van der Waals surface area contributed by atoms with Gasteiger partial charge < -0.3 is 28.1 Å². The quantitative estimate of drug-likeness (QED) is 0.313. The minimum atomic E-state index is -2.43. The Labute approximate surface area is 118 Å². The molecular weight excluding hydrogens is 266 g/mol. The summed E-state index contributed by atoms with van der Waals surface area (Å²) in [4.78, 5) is 0. The molecule has 0 aliphatic carbocycles. The third kappa shape index (κ3) is 7.98. The lowest BCUT2D eigenvalue weighted by molar-refractivity contribution is -0.132.